The van der Waals surface area contributed by atoms with Crippen LogP contribution < -0.4 is 14.8 Å². The van der Waals surface area contributed by atoms with Crippen molar-refractivity contribution in [2.24, 2.45) is 0 Å². The summed E-state index contributed by atoms with van der Waals surface area (Å²) in [5.74, 6) is 1.32. The molecule has 0 fully saturated rings. The molecule has 0 spiro atoms. The molecule has 1 aromatic heterocycles. The molecule has 118 valence electrons. The molecule has 1 amide bonds. The molecule has 2 rings (SSSR count). The molecule has 0 aliphatic heterocycles. The maximum atomic E-state index is 12.0. The third kappa shape index (κ3) is 4.77. The van der Waals surface area contributed by atoms with Crippen LogP contribution in [-0.4, -0.2) is 19.6 Å². The highest BCUT2D eigenvalue weighted by molar-refractivity contribution is 7.09. The number of rotatable bonds is 8. The predicted octanol–water partition coefficient (Wildman–Crippen LogP) is 4.12. The van der Waals surface area contributed by atoms with E-state index in [0.717, 1.165) is 18.5 Å². The molecule has 0 aliphatic rings. The lowest BCUT2D eigenvalue weighted by Crippen LogP contribution is -2.11. The van der Waals surface area contributed by atoms with E-state index in [0.29, 0.717) is 24.5 Å². The second-order valence-electron chi connectivity index (χ2n) is 4.78. The number of benzene rings is 1. The number of hydrogen-bond donors (Lipinski definition) is 1. The van der Waals surface area contributed by atoms with Gasteiger partial charge in [0.15, 0.2) is 11.5 Å². The Hall–Kier alpha value is -2.01. The van der Waals surface area contributed by atoms with Crippen molar-refractivity contribution in [1.29, 1.82) is 0 Å². The summed E-state index contributed by atoms with van der Waals surface area (Å²) in [5, 5.41) is 4.95. The summed E-state index contributed by atoms with van der Waals surface area (Å²) in [6.45, 7) is 2.49. The molecule has 2 aromatic rings. The lowest BCUT2D eigenvalue weighted by Gasteiger charge is -2.11. The summed E-state index contributed by atoms with van der Waals surface area (Å²) in [4.78, 5) is 13.3. The Balaban J connectivity index is 1.85. The van der Waals surface area contributed by atoms with E-state index in [-0.39, 0.29) is 5.91 Å². The Morgan fingerprint density at radius 1 is 1.27 bits per heavy atom. The van der Waals surface area contributed by atoms with Gasteiger partial charge in [-0.3, -0.25) is 4.79 Å². The van der Waals surface area contributed by atoms with Crippen molar-refractivity contribution in [2.45, 2.75) is 26.2 Å². The number of methoxy groups -OCH3 is 1. The van der Waals surface area contributed by atoms with E-state index in [4.69, 9.17) is 9.47 Å². The molecule has 0 bridgehead atoms. The number of thiophene rings is 1. The van der Waals surface area contributed by atoms with Gasteiger partial charge in [0.2, 0.25) is 5.91 Å². The van der Waals surface area contributed by atoms with Gasteiger partial charge >= 0.3 is 0 Å². The van der Waals surface area contributed by atoms with Crippen LogP contribution in [0.15, 0.2) is 35.7 Å². The van der Waals surface area contributed by atoms with Crippen molar-refractivity contribution in [3.05, 3.63) is 40.6 Å². The minimum Gasteiger partial charge on any atom is -0.493 e. The third-order valence-electron chi connectivity index (χ3n) is 3.15. The summed E-state index contributed by atoms with van der Waals surface area (Å²) in [6, 6.07) is 9.54. The van der Waals surface area contributed by atoms with Crippen LogP contribution in [0.3, 0.4) is 0 Å². The normalized spacial score (nSPS) is 10.3. The fourth-order valence-corrected chi connectivity index (χ4v) is 2.87. The fourth-order valence-electron chi connectivity index (χ4n) is 2.12. The Morgan fingerprint density at radius 2 is 2.14 bits per heavy atom. The van der Waals surface area contributed by atoms with E-state index in [1.54, 1.807) is 24.5 Å². The number of hydrogen-bond acceptors (Lipinski definition) is 4. The Labute approximate surface area is 135 Å². The van der Waals surface area contributed by atoms with Crippen molar-refractivity contribution < 1.29 is 14.3 Å². The first-order chi connectivity index (χ1) is 10.7. The largest absolute Gasteiger partial charge is 0.493 e. The van der Waals surface area contributed by atoms with Crippen LogP contribution in [0.4, 0.5) is 5.69 Å². The SMILES string of the molecule is CCOc1ccc(NC(=O)CCCc2cccs2)cc1OC. The highest BCUT2D eigenvalue weighted by Gasteiger charge is 2.08. The number of aryl methyl sites for hydroxylation is 1. The molecule has 0 saturated carbocycles. The van der Waals surface area contributed by atoms with E-state index >= 15 is 0 Å². The first kappa shape index (κ1) is 16.4. The topological polar surface area (TPSA) is 47.6 Å². The van der Waals surface area contributed by atoms with E-state index in [9.17, 15) is 4.79 Å². The fraction of sp³-hybridized carbons (Fsp3) is 0.353. The standard InChI is InChI=1S/C17H21NO3S/c1-3-21-15-10-9-13(12-16(15)20-2)18-17(19)8-4-6-14-7-5-11-22-14/h5,7,9-12H,3-4,6,8H2,1-2H3,(H,18,19). The van der Waals surface area contributed by atoms with Crippen molar-refractivity contribution in [3.63, 3.8) is 0 Å². The van der Waals surface area contributed by atoms with Crippen LogP contribution in [0.1, 0.15) is 24.6 Å². The molecule has 0 radical (unpaired) electrons. The summed E-state index contributed by atoms with van der Waals surface area (Å²) < 4.78 is 10.7. The zero-order valence-corrected chi connectivity index (χ0v) is 13.7. The zero-order valence-electron chi connectivity index (χ0n) is 12.9. The van der Waals surface area contributed by atoms with Crippen LogP contribution in [0.25, 0.3) is 0 Å². The molecule has 4 nitrogen and oxygen atoms in total. The molecule has 0 saturated heterocycles. The van der Waals surface area contributed by atoms with Crippen LogP contribution in [-0.2, 0) is 11.2 Å². The van der Waals surface area contributed by atoms with Gasteiger partial charge in [0.25, 0.3) is 0 Å². The number of carbonyl (C=O) groups is 1. The number of nitrogens with one attached hydrogen (secondary N) is 1. The Bertz CT molecular complexity index is 596. The van der Waals surface area contributed by atoms with Crippen molar-refractivity contribution in [1.82, 2.24) is 0 Å². The van der Waals surface area contributed by atoms with Crippen LogP contribution in [0.5, 0.6) is 11.5 Å². The lowest BCUT2D eigenvalue weighted by molar-refractivity contribution is -0.116. The van der Waals surface area contributed by atoms with Crippen molar-refractivity contribution in [3.8, 4) is 11.5 Å². The van der Waals surface area contributed by atoms with Gasteiger partial charge in [0.05, 0.1) is 13.7 Å². The lowest BCUT2D eigenvalue weighted by atomic mass is 10.2. The summed E-state index contributed by atoms with van der Waals surface area (Å²) in [5.41, 5.74) is 0.724. The average molecular weight is 319 g/mol. The molecule has 0 aliphatic carbocycles. The quantitative estimate of drug-likeness (QED) is 0.796. The molecular formula is C17H21NO3S. The second-order valence-corrected chi connectivity index (χ2v) is 5.81. The van der Waals surface area contributed by atoms with Crippen LogP contribution >= 0.6 is 11.3 Å². The van der Waals surface area contributed by atoms with Gasteiger partial charge in [-0.1, -0.05) is 6.07 Å². The van der Waals surface area contributed by atoms with Crippen molar-refractivity contribution >= 4 is 22.9 Å². The first-order valence-electron chi connectivity index (χ1n) is 7.36. The average Bonchev–Trinajstić information content (AvgIpc) is 3.02. The van der Waals surface area contributed by atoms with Gasteiger partial charge in [0, 0.05) is 23.1 Å². The minimum absolute atomic E-state index is 0.0165. The molecule has 1 heterocycles. The van der Waals surface area contributed by atoms with E-state index in [1.807, 2.05) is 25.1 Å². The number of amides is 1. The van der Waals surface area contributed by atoms with Gasteiger partial charge in [-0.05, 0) is 43.3 Å². The number of ether oxygens (including phenoxy) is 2. The molecule has 5 heteroatoms. The third-order valence-corrected chi connectivity index (χ3v) is 4.09. The second kappa shape index (κ2) is 8.44. The summed E-state index contributed by atoms with van der Waals surface area (Å²) in [7, 11) is 1.59. The van der Waals surface area contributed by atoms with Crippen LogP contribution in [0, 0.1) is 0 Å². The maximum absolute atomic E-state index is 12.0. The van der Waals surface area contributed by atoms with Gasteiger partial charge in [-0.25, -0.2) is 0 Å². The molecule has 1 N–H and O–H groups in total. The molecular weight excluding hydrogens is 298 g/mol. The molecule has 0 atom stereocenters. The van der Waals surface area contributed by atoms with Gasteiger partial charge in [0.1, 0.15) is 0 Å². The van der Waals surface area contributed by atoms with E-state index < -0.39 is 0 Å². The van der Waals surface area contributed by atoms with Gasteiger partial charge < -0.3 is 14.8 Å². The monoisotopic (exact) mass is 319 g/mol. The molecule has 22 heavy (non-hydrogen) atoms. The summed E-state index contributed by atoms with van der Waals surface area (Å²) in [6.07, 6.45) is 2.30. The maximum Gasteiger partial charge on any atom is 0.224 e. The first-order valence-corrected chi connectivity index (χ1v) is 8.24. The molecule has 1 aromatic carbocycles. The molecule has 0 unspecified atom stereocenters. The van der Waals surface area contributed by atoms with E-state index in [2.05, 4.69) is 16.8 Å². The Kier molecular flexibility index (Phi) is 6.27. The highest BCUT2D eigenvalue weighted by Crippen LogP contribution is 2.30. The van der Waals surface area contributed by atoms with Crippen LogP contribution in [0.2, 0.25) is 0 Å². The van der Waals surface area contributed by atoms with Gasteiger partial charge in [-0.15, -0.1) is 11.3 Å². The Morgan fingerprint density at radius 3 is 2.82 bits per heavy atom. The number of carbonyl (C=O) groups excluding carboxylic acids is 1. The number of anilines is 1. The van der Waals surface area contributed by atoms with E-state index in [1.165, 1.54) is 4.88 Å². The van der Waals surface area contributed by atoms with Gasteiger partial charge in [-0.2, -0.15) is 0 Å². The highest BCUT2D eigenvalue weighted by atomic mass is 32.1. The summed E-state index contributed by atoms with van der Waals surface area (Å²) >= 11 is 1.73. The van der Waals surface area contributed by atoms with Crippen molar-refractivity contribution in [2.75, 3.05) is 19.0 Å². The predicted molar refractivity (Wildman–Crippen MR) is 90.0 cm³/mol. The zero-order chi connectivity index (χ0) is 15.8. The minimum atomic E-state index is 0.0165. The smallest absolute Gasteiger partial charge is 0.224 e.